The van der Waals surface area contributed by atoms with E-state index in [4.69, 9.17) is 0 Å². The fourth-order valence-corrected chi connectivity index (χ4v) is 3.71. The number of imidazole rings is 1. The highest BCUT2D eigenvalue weighted by atomic mass is 32.2. The molecule has 0 aliphatic rings. The van der Waals surface area contributed by atoms with Gasteiger partial charge < -0.3 is 0 Å². The molecule has 0 fully saturated rings. The van der Waals surface area contributed by atoms with E-state index in [9.17, 15) is 18.5 Å². The van der Waals surface area contributed by atoms with Crippen molar-refractivity contribution in [3.63, 3.8) is 0 Å². The number of nitro groups is 1. The number of non-ortho nitro benzene ring substituents is 1. The lowest BCUT2D eigenvalue weighted by molar-refractivity contribution is -0.384. The molecule has 0 bridgehead atoms. The molecule has 2 aromatic carbocycles. The standard InChI is InChI=1S/C16H15N3O4S/c1-11(2)12-3-6-14(7-4-12)24(22,23)18-10-17-15-9-13(19(20)21)5-8-16(15)18/h3-11H,1-2H3. The summed E-state index contributed by atoms with van der Waals surface area (Å²) in [7, 11) is -3.81. The zero-order valence-corrected chi connectivity index (χ0v) is 13.9. The van der Waals surface area contributed by atoms with Crippen molar-refractivity contribution >= 4 is 26.7 Å². The minimum Gasteiger partial charge on any atom is -0.258 e. The highest BCUT2D eigenvalue weighted by Crippen LogP contribution is 2.24. The summed E-state index contributed by atoms with van der Waals surface area (Å²) in [5, 5.41) is 10.8. The summed E-state index contributed by atoms with van der Waals surface area (Å²) < 4.78 is 26.6. The monoisotopic (exact) mass is 345 g/mol. The van der Waals surface area contributed by atoms with E-state index in [1.165, 1.54) is 24.5 Å². The van der Waals surface area contributed by atoms with Crippen LogP contribution in [0.25, 0.3) is 11.0 Å². The fraction of sp³-hybridized carbons (Fsp3) is 0.188. The van der Waals surface area contributed by atoms with Crippen LogP contribution in [0.1, 0.15) is 25.3 Å². The molecule has 124 valence electrons. The van der Waals surface area contributed by atoms with Crippen molar-refractivity contribution in [3.05, 3.63) is 64.5 Å². The Kier molecular flexibility index (Phi) is 3.84. The van der Waals surface area contributed by atoms with Gasteiger partial charge in [0.25, 0.3) is 15.7 Å². The van der Waals surface area contributed by atoms with Crippen molar-refractivity contribution in [2.24, 2.45) is 0 Å². The number of rotatable bonds is 4. The molecule has 24 heavy (non-hydrogen) atoms. The smallest absolute Gasteiger partial charge is 0.258 e. The molecule has 0 radical (unpaired) electrons. The van der Waals surface area contributed by atoms with Gasteiger partial charge in [0, 0.05) is 12.1 Å². The van der Waals surface area contributed by atoms with Crippen LogP contribution in [0, 0.1) is 10.1 Å². The van der Waals surface area contributed by atoms with Crippen molar-refractivity contribution in [1.82, 2.24) is 8.96 Å². The predicted molar refractivity (Wildman–Crippen MR) is 89.5 cm³/mol. The van der Waals surface area contributed by atoms with E-state index in [1.807, 2.05) is 13.8 Å². The van der Waals surface area contributed by atoms with Gasteiger partial charge >= 0.3 is 0 Å². The second kappa shape index (κ2) is 5.72. The lowest BCUT2D eigenvalue weighted by Gasteiger charge is -2.09. The second-order valence-corrected chi connectivity index (χ2v) is 7.51. The van der Waals surface area contributed by atoms with E-state index >= 15 is 0 Å². The van der Waals surface area contributed by atoms with Gasteiger partial charge in [-0.05, 0) is 29.7 Å². The van der Waals surface area contributed by atoms with Gasteiger partial charge in [-0.3, -0.25) is 10.1 Å². The number of nitrogens with zero attached hydrogens (tertiary/aromatic N) is 3. The number of aromatic nitrogens is 2. The van der Waals surface area contributed by atoms with E-state index in [2.05, 4.69) is 4.98 Å². The summed E-state index contributed by atoms with van der Waals surface area (Å²) in [5.41, 5.74) is 1.46. The topological polar surface area (TPSA) is 95.1 Å². The molecule has 3 aromatic rings. The Morgan fingerprint density at radius 2 is 1.79 bits per heavy atom. The minimum absolute atomic E-state index is 0.133. The first-order valence-electron chi connectivity index (χ1n) is 7.28. The van der Waals surface area contributed by atoms with Gasteiger partial charge in [0.1, 0.15) is 6.33 Å². The second-order valence-electron chi connectivity index (χ2n) is 5.70. The van der Waals surface area contributed by atoms with Gasteiger partial charge in [-0.2, -0.15) is 0 Å². The molecule has 1 aromatic heterocycles. The lowest BCUT2D eigenvalue weighted by Crippen LogP contribution is -2.12. The Morgan fingerprint density at radius 1 is 1.12 bits per heavy atom. The molecule has 0 N–H and O–H groups in total. The van der Waals surface area contributed by atoms with Crippen LogP contribution in [0.5, 0.6) is 0 Å². The number of fused-ring (bicyclic) bond motifs is 1. The van der Waals surface area contributed by atoms with Crippen LogP contribution < -0.4 is 0 Å². The molecule has 0 amide bonds. The van der Waals surface area contributed by atoms with Crippen LogP contribution in [-0.4, -0.2) is 22.3 Å². The SMILES string of the molecule is CC(C)c1ccc(S(=O)(=O)n2cnc3cc([N+](=O)[O-])ccc32)cc1. The number of hydrogen-bond acceptors (Lipinski definition) is 5. The van der Waals surface area contributed by atoms with Crippen LogP contribution >= 0.6 is 0 Å². The molecule has 0 saturated heterocycles. The molecule has 1 heterocycles. The summed E-state index contributed by atoms with van der Waals surface area (Å²) in [6, 6.07) is 10.6. The molecule has 0 atom stereocenters. The average Bonchev–Trinajstić information content (AvgIpc) is 2.98. The van der Waals surface area contributed by atoms with Gasteiger partial charge in [0.05, 0.1) is 20.9 Å². The molecule has 0 spiro atoms. The zero-order valence-electron chi connectivity index (χ0n) is 13.1. The van der Waals surface area contributed by atoms with E-state index < -0.39 is 14.9 Å². The van der Waals surface area contributed by atoms with Gasteiger partial charge in [-0.25, -0.2) is 17.4 Å². The van der Waals surface area contributed by atoms with E-state index in [0.29, 0.717) is 11.4 Å². The molecule has 0 aliphatic carbocycles. The Bertz CT molecular complexity index is 1020. The maximum atomic E-state index is 12.8. The average molecular weight is 345 g/mol. The van der Waals surface area contributed by atoms with Gasteiger partial charge in [-0.1, -0.05) is 26.0 Å². The molecule has 0 unspecified atom stereocenters. The fourth-order valence-electron chi connectivity index (χ4n) is 2.42. The Labute approximate surface area is 138 Å². The van der Waals surface area contributed by atoms with Crippen molar-refractivity contribution < 1.29 is 13.3 Å². The highest BCUT2D eigenvalue weighted by Gasteiger charge is 2.21. The van der Waals surface area contributed by atoms with Crippen molar-refractivity contribution in [3.8, 4) is 0 Å². The Hall–Kier alpha value is -2.74. The van der Waals surface area contributed by atoms with Gasteiger partial charge in [0.2, 0.25) is 0 Å². The summed E-state index contributed by atoms with van der Waals surface area (Å²) in [6.07, 6.45) is 1.17. The molecule has 8 heteroatoms. The molecule has 0 aliphatic heterocycles. The van der Waals surface area contributed by atoms with Gasteiger partial charge in [0.15, 0.2) is 0 Å². The Morgan fingerprint density at radius 3 is 2.38 bits per heavy atom. The van der Waals surface area contributed by atoms with Crippen molar-refractivity contribution in [2.45, 2.75) is 24.7 Å². The number of hydrogen-bond donors (Lipinski definition) is 0. The first-order chi connectivity index (χ1) is 11.3. The quantitative estimate of drug-likeness (QED) is 0.534. The van der Waals surface area contributed by atoms with Crippen LogP contribution in [0.3, 0.4) is 0 Å². The third-order valence-corrected chi connectivity index (χ3v) is 5.49. The normalized spacial score (nSPS) is 12.0. The maximum absolute atomic E-state index is 12.8. The zero-order chi connectivity index (χ0) is 17.5. The lowest BCUT2D eigenvalue weighted by atomic mass is 10.0. The first-order valence-corrected chi connectivity index (χ1v) is 8.72. The number of nitro benzene ring substituents is 1. The molecule has 3 rings (SSSR count). The first kappa shape index (κ1) is 16.1. The molecule has 7 nitrogen and oxygen atoms in total. The van der Waals surface area contributed by atoms with E-state index in [1.54, 1.807) is 24.3 Å². The summed E-state index contributed by atoms with van der Waals surface area (Å²) >= 11 is 0. The van der Waals surface area contributed by atoms with Crippen LogP contribution in [0.4, 0.5) is 5.69 Å². The summed E-state index contributed by atoms with van der Waals surface area (Å²) in [6.45, 7) is 4.06. The largest absolute Gasteiger partial charge is 0.271 e. The maximum Gasteiger partial charge on any atom is 0.271 e. The number of benzene rings is 2. The molecule has 0 saturated carbocycles. The summed E-state index contributed by atoms with van der Waals surface area (Å²) in [5.74, 6) is 0.302. The van der Waals surface area contributed by atoms with Gasteiger partial charge in [-0.15, -0.1) is 0 Å². The summed E-state index contributed by atoms with van der Waals surface area (Å²) in [4.78, 5) is 14.4. The third kappa shape index (κ3) is 2.65. The van der Waals surface area contributed by atoms with E-state index in [-0.39, 0.29) is 16.1 Å². The molecular formula is C16H15N3O4S. The van der Waals surface area contributed by atoms with Crippen LogP contribution in [0.15, 0.2) is 53.7 Å². The molecular weight excluding hydrogens is 330 g/mol. The van der Waals surface area contributed by atoms with Crippen LogP contribution in [-0.2, 0) is 10.0 Å². The van der Waals surface area contributed by atoms with Crippen LogP contribution in [0.2, 0.25) is 0 Å². The third-order valence-electron chi connectivity index (χ3n) is 3.81. The highest BCUT2D eigenvalue weighted by molar-refractivity contribution is 7.90. The minimum atomic E-state index is -3.81. The Balaban J connectivity index is 2.09. The van der Waals surface area contributed by atoms with E-state index in [0.717, 1.165) is 9.54 Å². The predicted octanol–water partition coefficient (Wildman–Crippen LogP) is 3.30. The van der Waals surface area contributed by atoms with Crippen molar-refractivity contribution in [2.75, 3.05) is 0 Å². The van der Waals surface area contributed by atoms with Crippen molar-refractivity contribution in [1.29, 1.82) is 0 Å².